The lowest BCUT2D eigenvalue weighted by Crippen LogP contribution is -1.88. The van der Waals surface area contributed by atoms with Crippen LogP contribution in [0.3, 0.4) is 0 Å². The van der Waals surface area contributed by atoms with Gasteiger partial charge in [-0.2, -0.15) is 0 Å². The molecule has 0 amide bonds. The van der Waals surface area contributed by atoms with Crippen LogP contribution in [0.25, 0.3) is 10.8 Å². The van der Waals surface area contributed by atoms with Crippen molar-refractivity contribution in [2.75, 3.05) is 0 Å². The third kappa shape index (κ3) is 1.52. The zero-order valence-corrected chi connectivity index (χ0v) is 9.89. The van der Waals surface area contributed by atoms with Gasteiger partial charge in [-0.05, 0) is 28.3 Å². The summed E-state index contributed by atoms with van der Waals surface area (Å²) < 4.78 is 0. The maximum atomic E-state index is 3.96. The van der Waals surface area contributed by atoms with Crippen LogP contribution in [-0.4, -0.2) is 0 Å². The van der Waals surface area contributed by atoms with E-state index in [1.165, 1.54) is 21.9 Å². The van der Waals surface area contributed by atoms with Crippen molar-refractivity contribution < 1.29 is 0 Å². The number of rotatable bonds is 2. The fourth-order valence-corrected chi connectivity index (χ4v) is 2.89. The highest BCUT2D eigenvalue weighted by atomic mass is 14.3. The minimum Gasteiger partial charge on any atom is -0.102 e. The Bertz CT molecular complexity index is 540. The monoisotopic (exact) mass is 220 g/mol. The molecule has 0 N–H and O–H groups in total. The molecule has 0 aliphatic heterocycles. The number of benzene rings is 2. The van der Waals surface area contributed by atoms with Gasteiger partial charge in [-0.3, -0.25) is 0 Å². The summed E-state index contributed by atoms with van der Waals surface area (Å²) in [5.41, 5.74) is 2.87. The SMILES string of the molecule is C=CC1CC(C=C)c2cc3ccccc3cc21. The minimum atomic E-state index is 0.484. The Morgan fingerprint density at radius 3 is 1.76 bits per heavy atom. The summed E-state index contributed by atoms with van der Waals surface area (Å²) in [6.45, 7) is 7.91. The summed E-state index contributed by atoms with van der Waals surface area (Å²) in [5, 5.41) is 2.64. The molecular weight excluding hydrogens is 204 g/mol. The van der Waals surface area contributed by atoms with Crippen molar-refractivity contribution in [2.45, 2.75) is 18.3 Å². The van der Waals surface area contributed by atoms with Gasteiger partial charge in [0.25, 0.3) is 0 Å². The Morgan fingerprint density at radius 1 is 0.882 bits per heavy atom. The Kier molecular flexibility index (Phi) is 2.36. The molecule has 1 aliphatic rings. The molecule has 0 saturated heterocycles. The topological polar surface area (TPSA) is 0 Å². The molecule has 0 spiro atoms. The molecule has 0 saturated carbocycles. The van der Waals surface area contributed by atoms with Crippen molar-refractivity contribution in [3.05, 3.63) is 72.8 Å². The van der Waals surface area contributed by atoms with Crippen LogP contribution in [0, 0.1) is 0 Å². The summed E-state index contributed by atoms with van der Waals surface area (Å²) in [6, 6.07) is 13.2. The Labute approximate surface area is 102 Å². The molecule has 0 aromatic heterocycles. The lowest BCUT2D eigenvalue weighted by Gasteiger charge is -2.08. The molecule has 2 unspecified atom stereocenters. The fraction of sp³-hybridized carbons (Fsp3) is 0.176. The van der Waals surface area contributed by atoms with Crippen LogP contribution in [0.5, 0.6) is 0 Å². The van der Waals surface area contributed by atoms with E-state index in [0.717, 1.165) is 6.42 Å². The van der Waals surface area contributed by atoms with Crippen LogP contribution in [0.4, 0.5) is 0 Å². The number of allylic oxidation sites excluding steroid dienone is 2. The van der Waals surface area contributed by atoms with Crippen LogP contribution < -0.4 is 0 Å². The molecule has 0 radical (unpaired) electrons. The van der Waals surface area contributed by atoms with Crippen molar-refractivity contribution in [1.29, 1.82) is 0 Å². The highest BCUT2D eigenvalue weighted by Crippen LogP contribution is 2.44. The lowest BCUT2D eigenvalue weighted by molar-refractivity contribution is 0.751. The Morgan fingerprint density at radius 2 is 1.35 bits per heavy atom. The van der Waals surface area contributed by atoms with Crippen molar-refractivity contribution in [3.8, 4) is 0 Å². The standard InChI is InChI=1S/C17H16/c1-3-12-9-13(4-2)17-11-15-8-6-5-7-14(15)10-16(12)17/h3-8,10-13H,1-2,9H2. The van der Waals surface area contributed by atoms with Gasteiger partial charge in [-0.15, -0.1) is 13.2 Å². The van der Waals surface area contributed by atoms with Crippen LogP contribution in [0.1, 0.15) is 29.4 Å². The molecule has 3 rings (SSSR count). The highest BCUT2D eigenvalue weighted by molar-refractivity contribution is 5.85. The van der Waals surface area contributed by atoms with Crippen LogP contribution in [0.15, 0.2) is 61.7 Å². The molecule has 2 aromatic rings. The molecule has 2 atom stereocenters. The third-order valence-electron chi connectivity index (χ3n) is 3.83. The first-order valence-electron chi connectivity index (χ1n) is 6.11. The van der Waals surface area contributed by atoms with E-state index in [1.807, 2.05) is 0 Å². The normalized spacial score (nSPS) is 22.4. The predicted molar refractivity (Wildman–Crippen MR) is 74.4 cm³/mol. The van der Waals surface area contributed by atoms with E-state index in [1.54, 1.807) is 0 Å². The average molecular weight is 220 g/mol. The smallest absolute Gasteiger partial charge is 0.00272 e. The third-order valence-corrected chi connectivity index (χ3v) is 3.83. The van der Waals surface area contributed by atoms with Gasteiger partial charge in [0.2, 0.25) is 0 Å². The van der Waals surface area contributed by atoms with E-state index in [4.69, 9.17) is 0 Å². The molecule has 0 bridgehead atoms. The van der Waals surface area contributed by atoms with Crippen LogP contribution in [-0.2, 0) is 0 Å². The van der Waals surface area contributed by atoms with E-state index in [9.17, 15) is 0 Å². The first-order chi connectivity index (χ1) is 8.33. The van der Waals surface area contributed by atoms with Crippen molar-refractivity contribution in [2.24, 2.45) is 0 Å². The van der Waals surface area contributed by atoms with Gasteiger partial charge in [0.05, 0.1) is 0 Å². The largest absolute Gasteiger partial charge is 0.102 e. The molecule has 1 aliphatic carbocycles. The molecule has 0 fully saturated rings. The molecule has 17 heavy (non-hydrogen) atoms. The zero-order valence-electron chi connectivity index (χ0n) is 9.89. The molecular formula is C17H16. The van der Waals surface area contributed by atoms with E-state index >= 15 is 0 Å². The summed E-state index contributed by atoms with van der Waals surface area (Å²) in [4.78, 5) is 0. The second-order valence-corrected chi connectivity index (χ2v) is 4.75. The average Bonchev–Trinajstić information content (AvgIpc) is 2.73. The molecule has 84 valence electrons. The predicted octanol–water partition coefficient (Wildman–Crippen LogP) is 4.78. The van der Waals surface area contributed by atoms with Crippen molar-refractivity contribution in [1.82, 2.24) is 0 Å². The van der Waals surface area contributed by atoms with Gasteiger partial charge in [-0.25, -0.2) is 0 Å². The first kappa shape index (κ1) is 10.3. The summed E-state index contributed by atoms with van der Waals surface area (Å²) >= 11 is 0. The quantitative estimate of drug-likeness (QED) is 0.639. The zero-order chi connectivity index (χ0) is 11.8. The number of hydrogen-bond acceptors (Lipinski definition) is 0. The van der Waals surface area contributed by atoms with Gasteiger partial charge >= 0.3 is 0 Å². The molecule has 0 nitrogen and oxygen atoms in total. The van der Waals surface area contributed by atoms with E-state index in [-0.39, 0.29) is 0 Å². The molecule has 0 heteroatoms. The minimum absolute atomic E-state index is 0.484. The van der Waals surface area contributed by atoms with Crippen molar-refractivity contribution in [3.63, 3.8) is 0 Å². The summed E-state index contributed by atoms with van der Waals surface area (Å²) in [5.74, 6) is 0.968. The Hall–Kier alpha value is -1.82. The molecule has 2 aromatic carbocycles. The fourth-order valence-electron chi connectivity index (χ4n) is 2.89. The van der Waals surface area contributed by atoms with Crippen LogP contribution in [0.2, 0.25) is 0 Å². The van der Waals surface area contributed by atoms with Gasteiger partial charge < -0.3 is 0 Å². The van der Waals surface area contributed by atoms with Gasteiger partial charge in [0.15, 0.2) is 0 Å². The maximum Gasteiger partial charge on any atom is 0.00272 e. The maximum absolute atomic E-state index is 3.96. The first-order valence-corrected chi connectivity index (χ1v) is 6.11. The van der Waals surface area contributed by atoms with E-state index in [0.29, 0.717) is 11.8 Å². The Balaban J connectivity index is 2.27. The van der Waals surface area contributed by atoms with E-state index in [2.05, 4.69) is 61.7 Å². The van der Waals surface area contributed by atoms with Crippen molar-refractivity contribution >= 4 is 10.8 Å². The van der Waals surface area contributed by atoms with E-state index < -0.39 is 0 Å². The van der Waals surface area contributed by atoms with Gasteiger partial charge in [0.1, 0.15) is 0 Å². The summed E-state index contributed by atoms with van der Waals surface area (Å²) in [6.07, 6.45) is 5.26. The summed E-state index contributed by atoms with van der Waals surface area (Å²) in [7, 11) is 0. The van der Waals surface area contributed by atoms with Gasteiger partial charge in [0, 0.05) is 11.8 Å². The number of fused-ring (bicyclic) bond motifs is 2. The highest BCUT2D eigenvalue weighted by Gasteiger charge is 2.27. The van der Waals surface area contributed by atoms with Gasteiger partial charge in [-0.1, -0.05) is 48.6 Å². The second-order valence-electron chi connectivity index (χ2n) is 4.75. The second kappa shape index (κ2) is 3.89. The number of hydrogen-bond donors (Lipinski definition) is 0. The molecule has 0 heterocycles. The lowest BCUT2D eigenvalue weighted by atomic mass is 9.97. The van der Waals surface area contributed by atoms with Crippen LogP contribution >= 0.6 is 0 Å².